The standard InChI is InChI=1S/C22H30F3N7.HI/c1-2-26-21(27-13-20-30-29-19-5-3-4-11-32(19)20)28-18-10-12-31(15-18)14-16-6-8-17(9-7-16)22(23,24)25;/h6-9,18H,2-5,10-15H2,1H3,(H2,26,27,28);1H. The number of nitrogens with zero attached hydrogens (tertiary/aromatic N) is 5. The first-order chi connectivity index (χ1) is 15.4. The number of guanidine groups is 1. The second kappa shape index (κ2) is 11.5. The van der Waals surface area contributed by atoms with Crippen LogP contribution < -0.4 is 10.6 Å². The SMILES string of the molecule is CCNC(=NCc1nnc2n1CCCC2)NC1CCN(Cc2ccc(C(F)(F)F)cc2)C1.I. The van der Waals surface area contributed by atoms with Crippen LogP contribution in [0.25, 0.3) is 0 Å². The quantitative estimate of drug-likeness (QED) is 0.312. The summed E-state index contributed by atoms with van der Waals surface area (Å²) in [5.41, 5.74) is 0.276. The number of aromatic nitrogens is 3. The molecular weight excluding hydrogens is 546 g/mol. The molecule has 2 aliphatic rings. The number of nitrogens with one attached hydrogen (secondary N) is 2. The molecule has 182 valence electrons. The van der Waals surface area contributed by atoms with Gasteiger partial charge in [-0.2, -0.15) is 13.2 Å². The van der Waals surface area contributed by atoms with Gasteiger partial charge in [0, 0.05) is 45.2 Å². The lowest BCUT2D eigenvalue weighted by molar-refractivity contribution is -0.137. The van der Waals surface area contributed by atoms with E-state index in [2.05, 4.69) is 30.3 Å². The molecule has 0 aliphatic carbocycles. The fraction of sp³-hybridized carbons (Fsp3) is 0.591. The van der Waals surface area contributed by atoms with Crippen LogP contribution >= 0.6 is 24.0 Å². The maximum absolute atomic E-state index is 12.8. The molecule has 0 saturated carbocycles. The van der Waals surface area contributed by atoms with Crippen LogP contribution in [-0.4, -0.2) is 51.3 Å². The van der Waals surface area contributed by atoms with Crippen molar-refractivity contribution in [3.63, 3.8) is 0 Å². The van der Waals surface area contributed by atoms with Crippen LogP contribution in [0.5, 0.6) is 0 Å². The number of hydrogen-bond donors (Lipinski definition) is 2. The van der Waals surface area contributed by atoms with Crippen molar-refractivity contribution in [2.24, 2.45) is 4.99 Å². The normalized spacial score (nSPS) is 19.2. The van der Waals surface area contributed by atoms with Gasteiger partial charge in [0.05, 0.1) is 5.56 Å². The lowest BCUT2D eigenvalue weighted by Gasteiger charge is -2.19. The van der Waals surface area contributed by atoms with Crippen LogP contribution in [0, 0.1) is 0 Å². The Balaban J connectivity index is 0.00000306. The molecule has 2 aromatic rings. The summed E-state index contributed by atoms with van der Waals surface area (Å²) in [6, 6.07) is 5.66. The molecule has 0 bridgehead atoms. The number of benzene rings is 1. The minimum absolute atomic E-state index is 0. The Morgan fingerprint density at radius 3 is 2.67 bits per heavy atom. The third-order valence-electron chi connectivity index (χ3n) is 5.96. The van der Waals surface area contributed by atoms with Gasteiger partial charge in [0.1, 0.15) is 12.4 Å². The zero-order chi connectivity index (χ0) is 22.6. The van der Waals surface area contributed by atoms with Gasteiger partial charge in [-0.25, -0.2) is 4.99 Å². The summed E-state index contributed by atoms with van der Waals surface area (Å²) >= 11 is 0. The summed E-state index contributed by atoms with van der Waals surface area (Å²) < 4.78 is 40.4. The number of aliphatic imine (C=N–C) groups is 1. The topological polar surface area (TPSA) is 70.4 Å². The molecule has 1 aromatic heterocycles. The molecule has 33 heavy (non-hydrogen) atoms. The Morgan fingerprint density at radius 1 is 1.15 bits per heavy atom. The molecule has 0 amide bonds. The number of rotatable bonds is 6. The van der Waals surface area contributed by atoms with Crippen LogP contribution in [-0.2, 0) is 32.2 Å². The molecule has 1 aromatic carbocycles. The van der Waals surface area contributed by atoms with Crippen molar-refractivity contribution in [2.45, 2.75) is 64.5 Å². The van der Waals surface area contributed by atoms with E-state index < -0.39 is 11.7 Å². The summed E-state index contributed by atoms with van der Waals surface area (Å²) in [6.07, 6.45) is -0.0562. The van der Waals surface area contributed by atoms with Gasteiger partial charge in [-0.3, -0.25) is 4.90 Å². The maximum atomic E-state index is 12.8. The zero-order valence-corrected chi connectivity index (χ0v) is 21.1. The van der Waals surface area contributed by atoms with Crippen LogP contribution in [0.15, 0.2) is 29.3 Å². The number of halogens is 4. The second-order valence-electron chi connectivity index (χ2n) is 8.40. The monoisotopic (exact) mass is 577 g/mol. The summed E-state index contributed by atoms with van der Waals surface area (Å²) in [5.74, 6) is 2.70. The van der Waals surface area contributed by atoms with Crippen LogP contribution in [0.1, 0.15) is 49.0 Å². The first-order valence-corrected chi connectivity index (χ1v) is 11.3. The van der Waals surface area contributed by atoms with Crippen molar-refractivity contribution < 1.29 is 13.2 Å². The van der Waals surface area contributed by atoms with Crippen molar-refractivity contribution in [2.75, 3.05) is 19.6 Å². The highest BCUT2D eigenvalue weighted by Crippen LogP contribution is 2.29. The Morgan fingerprint density at radius 2 is 1.94 bits per heavy atom. The first kappa shape index (κ1) is 25.7. The molecule has 1 atom stereocenters. The van der Waals surface area contributed by atoms with Crippen molar-refractivity contribution in [3.8, 4) is 0 Å². The zero-order valence-electron chi connectivity index (χ0n) is 18.7. The lowest BCUT2D eigenvalue weighted by Crippen LogP contribution is -2.44. The first-order valence-electron chi connectivity index (χ1n) is 11.3. The molecule has 11 heteroatoms. The highest BCUT2D eigenvalue weighted by Gasteiger charge is 2.30. The van der Waals surface area contributed by atoms with E-state index in [0.29, 0.717) is 13.1 Å². The fourth-order valence-corrected chi connectivity index (χ4v) is 4.30. The van der Waals surface area contributed by atoms with Gasteiger partial charge < -0.3 is 15.2 Å². The molecule has 2 aliphatic heterocycles. The number of hydrogen-bond acceptors (Lipinski definition) is 4. The van der Waals surface area contributed by atoms with Crippen molar-refractivity contribution >= 4 is 29.9 Å². The van der Waals surface area contributed by atoms with Gasteiger partial charge in [0.25, 0.3) is 0 Å². The van der Waals surface area contributed by atoms with E-state index in [4.69, 9.17) is 4.99 Å². The number of aryl methyl sites for hydroxylation is 1. The predicted molar refractivity (Wildman–Crippen MR) is 131 cm³/mol. The van der Waals surface area contributed by atoms with Gasteiger partial charge in [0.15, 0.2) is 11.8 Å². The van der Waals surface area contributed by atoms with Crippen molar-refractivity contribution in [3.05, 3.63) is 47.0 Å². The Labute approximate surface area is 209 Å². The maximum Gasteiger partial charge on any atom is 0.416 e. The van der Waals surface area contributed by atoms with E-state index in [1.807, 2.05) is 6.92 Å². The van der Waals surface area contributed by atoms with Crippen molar-refractivity contribution in [1.82, 2.24) is 30.3 Å². The largest absolute Gasteiger partial charge is 0.416 e. The van der Waals surface area contributed by atoms with E-state index >= 15 is 0 Å². The molecule has 1 fully saturated rings. The molecule has 3 heterocycles. The average molecular weight is 577 g/mol. The molecule has 0 radical (unpaired) electrons. The molecule has 7 nitrogen and oxygen atoms in total. The summed E-state index contributed by atoms with van der Waals surface area (Å²) in [5, 5.41) is 15.4. The fourth-order valence-electron chi connectivity index (χ4n) is 4.30. The highest BCUT2D eigenvalue weighted by molar-refractivity contribution is 14.0. The van der Waals surface area contributed by atoms with Crippen LogP contribution in [0.2, 0.25) is 0 Å². The van der Waals surface area contributed by atoms with Gasteiger partial charge in [0.2, 0.25) is 0 Å². The molecule has 1 saturated heterocycles. The second-order valence-corrected chi connectivity index (χ2v) is 8.40. The molecule has 2 N–H and O–H groups in total. The summed E-state index contributed by atoms with van der Waals surface area (Å²) in [7, 11) is 0. The lowest BCUT2D eigenvalue weighted by atomic mass is 10.1. The number of alkyl halides is 3. The van der Waals surface area contributed by atoms with Gasteiger partial charge in [-0.1, -0.05) is 12.1 Å². The number of likely N-dealkylation sites (tertiary alicyclic amines) is 1. The number of fused-ring (bicyclic) bond motifs is 1. The van der Waals surface area contributed by atoms with Crippen molar-refractivity contribution in [1.29, 1.82) is 0 Å². The molecular formula is C22H31F3IN7. The third-order valence-corrected chi connectivity index (χ3v) is 5.96. The van der Waals surface area contributed by atoms with E-state index in [0.717, 1.165) is 87.2 Å². The third kappa shape index (κ3) is 6.81. The Bertz CT molecular complexity index is 927. The highest BCUT2D eigenvalue weighted by atomic mass is 127. The van der Waals surface area contributed by atoms with E-state index in [-0.39, 0.29) is 30.0 Å². The Kier molecular flexibility index (Phi) is 8.96. The summed E-state index contributed by atoms with van der Waals surface area (Å²) in [4.78, 5) is 6.96. The Hall–Kier alpha value is -1.89. The van der Waals surface area contributed by atoms with E-state index in [1.54, 1.807) is 12.1 Å². The smallest absolute Gasteiger partial charge is 0.357 e. The van der Waals surface area contributed by atoms with Crippen LogP contribution in [0.3, 0.4) is 0 Å². The molecule has 0 spiro atoms. The van der Waals surface area contributed by atoms with Gasteiger partial charge in [-0.05, 0) is 43.9 Å². The minimum atomic E-state index is -4.30. The molecule has 1 unspecified atom stereocenters. The van der Waals surface area contributed by atoms with Crippen LogP contribution in [0.4, 0.5) is 13.2 Å². The summed E-state index contributed by atoms with van der Waals surface area (Å²) in [6.45, 7) is 6.55. The van der Waals surface area contributed by atoms with Gasteiger partial charge >= 0.3 is 6.18 Å². The van der Waals surface area contributed by atoms with E-state index in [9.17, 15) is 13.2 Å². The molecule has 4 rings (SSSR count). The average Bonchev–Trinajstić information content (AvgIpc) is 3.38. The van der Waals surface area contributed by atoms with Gasteiger partial charge in [-0.15, -0.1) is 34.2 Å². The minimum Gasteiger partial charge on any atom is -0.357 e. The van der Waals surface area contributed by atoms with E-state index in [1.165, 1.54) is 0 Å². The predicted octanol–water partition coefficient (Wildman–Crippen LogP) is 3.58.